The lowest BCUT2D eigenvalue weighted by Gasteiger charge is -2.15. The molecule has 1 aliphatic heterocycles. The summed E-state index contributed by atoms with van der Waals surface area (Å²) in [4.78, 5) is 9.91. The highest BCUT2D eigenvalue weighted by Crippen LogP contribution is 2.33. The van der Waals surface area contributed by atoms with E-state index in [1.807, 2.05) is 10.8 Å². The van der Waals surface area contributed by atoms with E-state index >= 15 is 0 Å². The van der Waals surface area contributed by atoms with E-state index in [2.05, 4.69) is 30.8 Å². The molecule has 0 amide bonds. The number of nitriles is 1. The first kappa shape index (κ1) is 25.0. The molecule has 0 unspecified atom stereocenters. The third kappa shape index (κ3) is 6.24. The van der Waals surface area contributed by atoms with Gasteiger partial charge in [0, 0.05) is 17.7 Å². The zero-order valence-electron chi connectivity index (χ0n) is 19.1. The SMILES string of the molecule is CCOc1ccc(C(F)(F)F)cc1C(=NC#N)/N=c1\sc(C(C)(C)C)cn1C[C@H]1CCCO1. The molecule has 1 aromatic heterocycles. The average Bonchev–Trinajstić information content (AvgIpc) is 3.38. The van der Waals surface area contributed by atoms with Crippen molar-refractivity contribution in [2.24, 2.45) is 9.98 Å². The molecular weight excluding hydrogens is 453 g/mol. The van der Waals surface area contributed by atoms with Crippen molar-refractivity contribution in [3.05, 3.63) is 45.2 Å². The average molecular weight is 481 g/mol. The van der Waals surface area contributed by atoms with Gasteiger partial charge in [-0.2, -0.15) is 28.4 Å². The second-order valence-corrected chi connectivity index (χ2v) is 9.71. The van der Waals surface area contributed by atoms with Gasteiger partial charge in [0.25, 0.3) is 0 Å². The Kier molecular flexibility index (Phi) is 7.65. The number of rotatable bonds is 5. The van der Waals surface area contributed by atoms with Gasteiger partial charge in [-0.1, -0.05) is 20.8 Å². The predicted octanol–water partition coefficient (Wildman–Crippen LogP) is 5.27. The molecule has 1 aliphatic rings. The molecule has 10 heteroatoms. The molecule has 1 saturated heterocycles. The summed E-state index contributed by atoms with van der Waals surface area (Å²) in [6, 6.07) is 3.10. The second kappa shape index (κ2) is 10.1. The number of alkyl halides is 3. The van der Waals surface area contributed by atoms with Crippen LogP contribution in [0.25, 0.3) is 0 Å². The quantitative estimate of drug-likeness (QED) is 0.332. The highest BCUT2D eigenvalue weighted by molar-refractivity contribution is 7.09. The molecule has 0 N–H and O–H groups in total. The summed E-state index contributed by atoms with van der Waals surface area (Å²) >= 11 is 1.42. The van der Waals surface area contributed by atoms with Crippen molar-refractivity contribution in [2.75, 3.05) is 13.2 Å². The minimum Gasteiger partial charge on any atom is -0.493 e. The first-order valence-electron chi connectivity index (χ1n) is 10.7. The van der Waals surface area contributed by atoms with Crippen LogP contribution in [0.2, 0.25) is 0 Å². The van der Waals surface area contributed by atoms with Gasteiger partial charge in [-0.15, -0.1) is 11.3 Å². The van der Waals surface area contributed by atoms with Crippen LogP contribution >= 0.6 is 11.3 Å². The summed E-state index contributed by atoms with van der Waals surface area (Å²) in [5.41, 5.74) is -1.01. The van der Waals surface area contributed by atoms with Crippen molar-refractivity contribution in [1.29, 1.82) is 5.26 Å². The van der Waals surface area contributed by atoms with Gasteiger partial charge in [0.05, 0.1) is 30.4 Å². The van der Waals surface area contributed by atoms with Gasteiger partial charge >= 0.3 is 6.18 Å². The van der Waals surface area contributed by atoms with Crippen LogP contribution in [0.3, 0.4) is 0 Å². The van der Waals surface area contributed by atoms with E-state index in [4.69, 9.17) is 9.47 Å². The van der Waals surface area contributed by atoms with E-state index in [1.54, 1.807) is 13.1 Å². The van der Waals surface area contributed by atoms with Crippen LogP contribution in [-0.4, -0.2) is 29.7 Å². The van der Waals surface area contributed by atoms with Crippen molar-refractivity contribution in [3.8, 4) is 11.9 Å². The van der Waals surface area contributed by atoms with Crippen LogP contribution in [0.5, 0.6) is 5.75 Å². The number of hydrogen-bond donors (Lipinski definition) is 0. The lowest BCUT2D eigenvalue weighted by Crippen LogP contribution is -2.24. The Hall–Kier alpha value is -2.64. The van der Waals surface area contributed by atoms with Crippen LogP contribution in [-0.2, 0) is 22.9 Å². The smallest absolute Gasteiger partial charge is 0.416 e. The molecule has 1 atom stereocenters. The van der Waals surface area contributed by atoms with E-state index in [-0.39, 0.29) is 35.3 Å². The Morgan fingerprint density at radius 2 is 2.09 bits per heavy atom. The lowest BCUT2D eigenvalue weighted by atomic mass is 9.95. The Morgan fingerprint density at radius 3 is 2.67 bits per heavy atom. The van der Waals surface area contributed by atoms with Gasteiger partial charge in [-0.05, 0) is 43.4 Å². The van der Waals surface area contributed by atoms with Crippen LogP contribution in [0, 0.1) is 11.5 Å². The molecule has 0 radical (unpaired) electrons. The molecule has 178 valence electrons. The van der Waals surface area contributed by atoms with E-state index in [0.29, 0.717) is 18.0 Å². The molecule has 0 aliphatic carbocycles. The maximum absolute atomic E-state index is 13.4. The molecule has 2 heterocycles. The van der Waals surface area contributed by atoms with Crippen molar-refractivity contribution >= 4 is 17.2 Å². The number of ether oxygens (including phenoxy) is 2. The number of amidine groups is 1. The maximum Gasteiger partial charge on any atom is 0.416 e. The summed E-state index contributed by atoms with van der Waals surface area (Å²) in [6.07, 6.45) is 1.05. The Balaban J connectivity index is 2.17. The minimum absolute atomic E-state index is 0.0163. The van der Waals surface area contributed by atoms with Crippen molar-refractivity contribution in [3.63, 3.8) is 0 Å². The van der Waals surface area contributed by atoms with Crippen LogP contribution in [0.4, 0.5) is 13.2 Å². The number of thiazole rings is 1. The summed E-state index contributed by atoms with van der Waals surface area (Å²) in [7, 11) is 0. The Morgan fingerprint density at radius 1 is 1.33 bits per heavy atom. The first-order valence-corrected chi connectivity index (χ1v) is 11.5. The Bertz CT molecular complexity index is 1110. The first-order chi connectivity index (χ1) is 15.5. The molecule has 1 aromatic carbocycles. The fourth-order valence-electron chi connectivity index (χ4n) is 3.40. The van der Waals surface area contributed by atoms with Crippen molar-refractivity contribution in [1.82, 2.24) is 4.57 Å². The highest BCUT2D eigenvalue weighted by Gasteiger charge is 2.32. The van der Waals surface area contributed by atoms with Gasteiger partial charge < -0.3 is 14.0 Å². The molecule has 0 bridgehead atoms. The third-order valence-corrected chi connectivity index (χ3v) is 6.53. The summed E-state index contributed by atoms with van der Waals surface area (Å²) < 4.78 is 53.4. The highest BCUT2D eigenvalue weighted by atomic mass is 32.1. The van der Waals surface area contributed by atoms with Crippen molar-refractivity contribution in [2.45, 2.75) is 64.8 Å². The number of aromatic nitrogens is 1. The van der Waals surface area contributed by atoms with Gasteiger partial charge in [-0.25, -0.2) is 0 Å². The normalized spacial score (nSPS) is 17.9. The van der Waals surface area contributed by atoms with E-state index in [1.165, 1.54) is 17.4 Å². The summed E-state index contributed by atoms with van der Waals surface area (Å²) in [5, 5.41) is 9.28. The van der Waals surface area contributed by atoms with E-state index in [9.17, 15) is 18.4 Å². The molecule has 1 fully saturated rings. The fraction of sp³-hybridized carbons (Fsp3) is 0.522. The minimum atomic E-state index is -4.56. The lowest BCUT2D eigenvalue weighted by molar-refractivity contribution is -0.137. The number of halogens is 3. The van der Waals surface area contributed by atoms with Gasteiger partial charge in [0.15, 0.2) is 10.6 Å². The van der Waals surface area contributed by atoms with Crippen LogP contribution < -0.4 is 9.54 Å². The zero-order valence-corrected chi connectivity index (χ0v) is 19.9. The predicted molar refractivity (Wildman–Crippen MR) is 120 cm³/mol. The van der Waals surface area contributed by atoms with Crippen LogP contribution in [0.15, 0.2) is 34.4 Å². The standard InChI is InChI=1S/C23H27F3N4O2S/c1-5-31-18-9-8-15(23(24,25)26)11-17(18)20(28-14-27)29-21-30(12-16-7-6-10-32-16)13-19(33-21)22(2,3)4/h8-9,11,13,16H,5-7,10,12H2,1-4H3/b28-20?,29-21-/t16-/m1/s1. The van der Waals surface area contributed by atoms with Crippen LogP contribution in [0.1, 0.15) is 56.5 Å². The third-order valence-electron chi connectivity index (χ3n) is 5.09. The monoisotopic (exact) mass is 480 g/mol. The molecule has 0 spiro atoms. The number of nitrogens with zero attached hydrogens (tertiary/aromatic N) is 4. The maximum atomic E-state index is 13.4. The summed E-state index contributed by atoms with van der Waals surface area (Å²) in [5.74, 6) is 0.0528. The molecule has 3 rings (SSSR count). The molecule has 2 aromatic rings. The van der Waals surface area contributed by atoms with Crippen molar-refractivity contribution < 1.29 is 22.6 Å². The van der Waals surface area contributed by atoms with Gasteiger partial charge in [0.1, 0.15) is 5.75 Å². The van der Waals surface area contributed by atoms with E-state index < -0.39 is 11.7 Å². The Labute approximate surface area is 195 Å². The summed E-state index contributed by atoms with van der Waals surface area (Å²) in [6.45, 7) is 9.45. The van der Waals surface area contributed by atoms with Gasteiger partial charge in [0.2, 0.25) is 6.19 Å². The molecule has 0 saturated carbocycles. The molecule has 33 heavy (non-hydrogen) atoms. The number of aliphatic imine (C=N–C) groups is 1. The number of benzene rings is 1. The molecule has 6 nitrogen and oxygen atoms in total. The largest absolute Gasteiger partial charge is 0.493 e. The molecular formula is C23H27F3N4O2S. The number of hydrogen-bond acceptors (Lipinski definition) is 5. The topological polar surface area (TPSA) is 71.9 Å². The van der Waals surface area contributed by atoms with Gasteiger partial charge in [-0.3, -0.25) is 0 Å². The van der Waals surface area contributed by atoms with E-state index in [0.717, 1.165) is 29.9 Å². The zero-order chi connectivity index (χ0) is 24.2. The fourth-order valence-corrected chi connectivity index (χ4v) is 4.46. The second-order valence-electron chi connectivity index (χ2n) is 8.70.